The van der Waals surface area contributed by atoms with E-state index in [1.54, 1.807) is 0 Å². The first-order chi connectivity index (χ1) is 23.0. The molecule has 5 aliphatic rings. The third kappa shape index (κ3) is 4.28. The predicted molar refractivity (Wildman–Crippen MR) is 197 cm³/mol. The van der Waals surface area contributed by atoms with E-state index in [2.05, 4.69) is 138 Å². The Morgan fingerprint density at radius 1 is 1.04 bits per heavy atom. The maximum absolute atomic E-state index is 5.55. The molecule has 2 saturated heterocycles. The number of amidine groups is 2. The van der Waals surface area contributed by atoms with E-state index in [0.29, 0.717) is 0 Å². The Morgan fingerprint density at radius 2 is 1.79 bits per heavy atom. The van der Waals surface area contributed by atoms with E-state index in [1.807, 2.05) is 25.4 Å². The van der Waals surface area contributed by atoms with Gasteiger partial charge in [-0.1, -0.05) is 74.5 Å². The zero-order valence-corrected chi connectivity index (χ0v) is 28.0. The van der Waals surface area contributed by atoms with Gasteiger partial charge in [0.2, 0.25) is 0 Å². The molecule has 0 radical (unpaired) electrons. The van der Waals surface area contributed by atoms with E-state index in [4.69, 9.17) is 10.1 Å². The van der Waals surface area contributed by atoms with Crippen LogP contribution in [-0.2, 0) is 0 Å². The molecule has 47 heavy (non-hydrogen) atoms. The quantitative estimate of drug-likeness (QED) is 0.220. The van der Waals surface area contributed by atoms with Crippen molar-refractivity contribution < 1.29 is 0 Å². The van der Waals surface area contributed by atoms with Gasteiger partial charge in [-0.05, 0) is 62.2 Å². The molecule has 2 fully saturated rings. The van der Waals surface area contributed by atoms with Gasteiger partial charge < -0.3 is 9.80 Å². The van der Waals surface area contributed by atoms with Crippen LogP contribution in [0, 0.1) is 17.3 Å². The number of piperidine rings is 1. The number of hydrogen-bond acceptors (Lipinski definition) is 6. The standard InChI is InChI=1S/C40H45N7/c1-8-19-27(9-2)36-43-47-32-25-18-16-23-30(32)35(40(10-3,11-4)39(47)45(36)28-20-13-12-14-21-28)34-29-22-15-17-24-31(29)46-37(42-6)33(26-41-5)44(7)38(34)46/h8-9,12-18,20-22,24-27,30,38-39H,1-2,5,10-11,19,23H2,3-4,6-7H3/b33-26+,35-34+,42-37?. The molecular formula is C40H45N7. The van der Waals surface area contributed by atoms with Crippen LogP contribution < -0.4 is 9.80 Å². The number of hydrazone groups is 1. The van der Waals surface area contributed by atoms with E-state index in [-0.39, 0.29) is 29.6 Å². The molecule has 0 spiro atoms. The summed E-state index contributed by atoms with van der Waals surface area (Å²) < 4.78 is 0. The lowest BCUT2D eigenvalue weighted by Gasteiger charge is -2.55. The second kappa shape index (κ2) is 12.0. The van der Waals surface area contributed by atoms with Gasteiger partial charge in [-0.15, -0.1) is 13.2 Å². The molecule has 1 aliphatic carbocycles. The number of allylic oxidation sites excluding steroid dienone is 5. The van der Waals surface area contributed by atoms with Crippen molar-refractivity contribution in [3.8, 4) is 0 Å². The fourth-order valence-electron chi connectivity index (χ4n) is 8.85. The minimum absolute atomic E-state index is 0.0325. The van der Waals surface area contributed by atoms with Crippen LogP contribution in [0.1, 0.15) is 45.1 Å². The Kier molecular flexibility index (Phi) is 7.87. The van der Waals surface area contributed by atoms with Crippen molar-refractivity contribution in [2.45, 2.75) is 51.9 Å². The van der Waals surface area contributed by atoms with Gasteiger partial charge >= 0.3 is 0 Å². The smallest absolute Gasteiger partial charge is 0.155 e. The summed E-state index contributed by atoms with van der Waals surface area (Å²) in [5.74, 6) is 2.14. The highest BCUT2D eigenvalue weighted by atomic mass is 15.6. The van der Waals surface area contributed by atoms with E-state index >= 15 is 0 Å². The molecule has 0 aromatic heterocycles. The molecule has 0 N–H and O–H groups in total. The van der Waals surface area contributed by atoms with Gasteiger partial charge in [0.15, 0.2) is 5.84 Å². The summed E-state index contributed by atoms with van der Waals surface area (Å²) in [5, 5.41) is 7.92. The number of aliphatic imine (C=N–C) groups is 2. The van der Waals surface area contributed by atoms with Gasteiger partial charge in [0.1, 0.15) is 23.9 Å². The number of para-hydroxylation sites is 2. The largest absolute Gasteiger partial charge is 0.346 e. The number of hydrogen-bond donors (Lipinski definition) is 0. The topological polar surface area (TPSA) is 50.0 Å². The van der Waals surface area contributed by atoms with Gasteiger partial charge in [-0.25, -0.2) is 5.01 Å². The number of benzene rings is 2. The fourth-order valence-corrected chi connectivity index (χ4v) is 8.85. The van der Waals surface area contributed by atoms with Crippen molar-refractivity contribution >= 4 is 35.3 Å². The molecule has 4 unspecified atom stereocenters. The highest BCUT2D eigenvalue weighted by Crippen LogP contribution is 2.62. The molecule has 0 bridgehead atoms. The van der Waals surface area contributed by atoms with Crippen LogP contribution in [0.2, 0.25) is 0 Å². The van der Waals surface area contributed by atoms with E-state index < -0.39 is 0 Å². The monoisotopic (exact) mass is 623 g/mol. The Labute approximate surface area is 279 Å². The Morgan fingerprint density at radius 3 is 2.47 bits per heavy atom. The second-order valence-corrected chi connectivity index (χ2v) is 12.9. The molecular weight excluding hydrogens is 578 g/mol. The molecule has 7 nitrogen and oxygen atoms in total. The fraction of sp³-hybridized carbons (Fsp3) is 0.325. The van der Waals surface area contributed by atoms with E-state index in [9.17, 15) is 0 Å². The minimum Gasteiger partial charge on any atom is -0.346 e. The predicted octanol–water partition coefficient (Wildman–Crippen LogP) is 8.22. The second-order valence-electron chi connectivity index (χ2n) is 12.9. The van der Waals surface area contributed by atoms with Crippen molar-refractivity contribution in [1.29, 1.82) is 0 Å². The molecule has 2 aromatic rings. The maximum atomic E-state index is 5.55. The molecule has 0 amide bonds. The van der Waals surface area contributed by atoms with Crippen LogP contribution in [-0.4, -0.2) is 54.7 Å². The minimum atomic E-state index is -0.250. The third-order valence-electron chi connectivity index (χ3n) is 10.9. The number of nitrogens with zero attached hydrogens (tertiary/aromatic N) is 7. The van der Waals surface area contributed by atoms with Crippen LogP contribution in [0.5, 0.6) is 0 Å². The van der Waals surface area contributed by atoms with Crippen molar-refractivity contribution in [1.82, 2.24) is 9.91 Å². The Balaban J connectivity index is 1.56. The summed E-state index contributed by atoms with van der Waals surface area (Å²) in [5.41, 5.74) is 8.46. The number of fused-ring (bicyclic) bond motifs is 6. The Hall–Kier alpha value is -4.91. The van der Waals surface area contributed by atoms with Crippen molar-refractivity contribution in [3.63, 3.8) is 0 Å². The molecule has 7 heteroatoms. The van der Waals surface area contributed by atoms with Gasteiger partial charge in [0, 0.05) is 53.9 Å². The van der Waals surface area contributed by atoms with Crippen molar-refractivity contribution in [3.05, 3.63) is 127 Å². The SMILES string of the molecule is C=CCC(C=C)C1=NN2C3=CC=CCC3/C(=C3/c4ccccc4N4C(=NC)/C(=C\N=C)N(C)C34)C(CC)(CC)C2N1c1ccccc1. The molecule has 7 rings (SSSR count). The molecule has 4 aliphatic heterocycles. The normalized spacial score (nSPS) is 27.7. The summed E-state index contributed by atoms with van der Waals surface area (Å²) in [6.07, 6.45) is 16.2. The van der Waals surface area contributed by atoms with Crippen molar-refractivity contribution in [2.75, 3.05) is 23.9 Å². The molecule has 4 atom stereocenters. The Bertz CT molecular complexity index is 1790. The maximum Gasteiger partial charge on any atom is 0.155 e. The number of rotatable bonds is 8. The number of anilines is 2. The summed E-state index contributed by atoms with van der Waals surface area (Å²) in [6, 6.07) is 19.6. The lowest BCUT2D eigenvalue weighted by molar-refractivity contribution is 0.0814. The summed E-state index contributed by atoms with van der Waals surface area (Å²) in [6.45, 7) is 16.9. The van der Waals surface area contributed by atoms with Crippen LogP contribution in [0.3, 0.4) is 0 Å². The molecule has 4 heterocycles. The van der Waals surface area contributed by atoms with Crippen molar-refractivity contribution in [2.24, 2.45) is 32.3 Å². The van der Waals surface area contributed by atoms with Crippen LogP contribution in [0.25, 0.3) is 5.57 Å². The van der Waals surface area contributed by atoms with Gasteiger partial charge in [-0.2, -0.15) is 5.10 Å². The number of likely N-dealkylation sites (N-methyl/N-ethyl adjacent to an activating group) is 1. The highest BCUT2D eigenvalue weighted by molar-refractivity contribution is 6.18. The zero-order valence-electron chi connectivity index (χ0n) is 28.0. The van der Waals surface area contributed by atoms with E-state index in [1.165, 1.54) is 28.1 Å². The summed E-state index contributed by atoms with van der Waals surface area (Å²) in [7, 11) is 4.04. The highest BCUT2D eigenvalue weighted by Gasteiger charge is 2.60. The van der Waals surface area contributed by atoms with E-state index in [0.717, 1.165) is 48.7 Å². The first-order valence-corrected chi connectivity index (χ1v) is 16.8. The zero-order chi connectivity index (χ0) is 32.9. The average molecular weight is 624 g/mol. The average Bonchev–Trinajstić information content (AvgIpc) is 3.76. The van der Waals surface area contributed by atoms with Gasteiger partial charge in [0.25, 0.3) is 0 Å². The third-order valence-corrected chi connectivity index (χ3v) is 10.9. The van der Waals surface area contributed by atoms with Crippen LogP contribution in [0.15, 0.2) is 136 Å². The van der Waals surface area contributed by atoms with Crippen LogP contribution in [0.4, 0.5) is 11.4 Å². The lowest BCUT2D eigenvalue weighted by Crippen LogP contribution is -2.60. The molecule has 2 aromatic carbocycles. The first-order valence-electron chi connectivity index (χ1n) is 16.8. The summed E-state index contributed by atoms with van der Waals surface area (Å²) in [4.78, 5) is 16.3. The first kappa shape index (κ1) is 30.7. The molecule has 0 saturated carbocycles. The van der Waals surface area contributed by atoms with Crippen LogP contribution >= 0.6 is 0 Å². The lowest BCUT2D eigenvalue weighted by atomic mass is 9.60. The van der Waals surface area contributed by atoms with Gasteiger partial charge in [-0.3, -0.25) is 14.9 Å². The molecule has 240 valence electrons. The van der Waals surface area contributed by atoms with Gasteiger partial charge in [0.05, 0.1) is 11.9 Å². The summed E-state index contributed by atoms with van der Waals surface area (Å²) >= 11 is 0.